The zero-order chi connectivity index (χ0) is 15.6. The van der Waals surface area contributed by atoms with Crippen molar-refractivity contribution in [2.75, 3.05) is 13.1 Å². The zero-order valence-electron chi connectivity index (χ0n) is 12.9. The van der Waals surface area contributed by atoms with Crippen LogP contribution in [0.25, 0.3) is 22.2 Å². The summed E-state index contributed by atoms with van der Waals surface area (Å²) in [5.41, 5.74) is 2.45. The molecule has 4 rings (SSSR count). The lowest BCUT2D eigenvalue weighted by molar-refractivity contribution is 0.0724. The van der Waals surface area contributed by atoms with E-state index in [1.807, 2.05) is 53.4 Å². The molecular weight excluding hydrogens is 288 g/mol. The second-order valence-electron chi connectivity index (χ2n) is 5.96. The molecule has 23 heavy (non-hydrogen) atoms. The molecule has 1 aliphatic rings. The Hall–Kier alpha value is -2.62. The Morgan fingerprint density at radius 3 is 2.57 bits per heavy atom. The van der Waals surface area contributed by atoms with Gasteiger partial charge >= 0.3 is 0 Å². The van der Waals surface area contributed by atoms with E-state index in [-0.39, 0.29) is 5.91 Å². The Kier molecular flexibility index (Phi) is 3.58. The van der Waals surface area contributed by atoms with Gasteiger partial charge in [0.05, 0.1) is 5.39 Å². The number of benzene rings is 2. The average molecular weight is 306 g/mol. The second kappa shape index (κ2) is 5.88. The summed E-state index contributed by atoms with van der Waals surface area (Å²) in [6, 6.07) is 15.5. The molecule has 4 heteroatoms. The van der Waals surface area contributed by atoms with Crippen LogP contribution in [0.5, 0.6) is 0 Å². The van der Waals surface area contributed by atoms with Crippen molar-refractivity contribution >= 4 is 16.8 Å². The molecule has 1 aliphatic heterocycles. The summed E-state index contributed by atoms with van der Waals surface area (Å²) in [6.07, 6.45) is 3.40. The van der Waals surface area contributed by atoms with E-state index < -0.39 is 0 Å². The minimum Gasteiger partial charge on any atom is -0.355 e. The fraction of sp³-hybridized carbons (Fsp3) is 0.263. The highest BCUT2D eigenvalue weighted by Crippen LogP contribution is 2.29. The predicted molar refractivity (Wildman–Crippen MR) is 89.2 cm³/mol. The van der Waals surface area contributed by atoms with Gasteiger partial charge in [-0.15, -0.1) is 0 Å². The Balaban J connectivity index is 1.73. The molecule has 0 radical (unpaired) electrons. The van der Waals surface area contributed by atoms with Crippen molar-refractivity contribution in [3.8, 4) is 11.3 Å². The fourth-order valence-electron chi connectivity index (χ4n) is 3.15. The van der Waals surface area contributed by atoms with Gasteiger partial charge in [0.15, 0.2) is 5.76 Å². The van der Waals surface area contributed by atoms with E-state index in [1.54, 1.807) is 0 Å². The maximum absolute atomic E-state index is 12.7. The van der Waals surface area contributed by atoms with Crippen molar-refractivity contribution in [2.24, 2.45) is 0 Å². The third kappa shape index (κ3) is 2.61. The van der Waals surface area contributed by atoms with Crippen LogP contribution in [0.1, 0.15) is 29.6 Å². The predicted octanol–water partition coefficient (Wildman–Crippen LogP) is 4.12. The van der Waals surface area contributed by atoms with Crippen LogP contribution in [-0.4, -0.2) is 29.1 Å². The number of nitrogens with zero attached hydrogens (tertiary/aromatic N) is 2. The van der Waals surface area contributed by atoms with E-state index in [9.17, 15) is 4.79 Å². The van der Waals surface area contributed by atoms with Gasteiger partial charge in [0.2, 0.25) is 0 Å². The summed E-state index contributed by atoms with van der Waals surface area (Å²) in [7, 11) is 0. The zero-order valence-corrected chi connectivity index (χ0v) is 12.9. The van der Waals surface area contributed by atoms with Crippen LogP contribution in [0.3, 0.4) is 0 Å². The van der Waals surface area contributed by atoms with Gasteiger partial charge in [-0.25, -0.2) is 0 Å². The highest BCUT2D eigenvalue weighted by Gasteiger charge is 2.20. The van der Waals surface area contributed by atoms with Gasteiger partial charge in [-0.05, 0) is 37.5 Å². The summed E-state index contributed by atoms with van der Waals surface area (Å²) < 4.78 is 5.51. The lowest BCUT2D eigenvalue weighted by Gasteiger charge is -2.26. The van der Waals surface area contributed by atoms with Gasteiger partial charge in [0.1, 0.15) is 5.52 Å². The molecule has 3 aromatic rings. The summed E-state index contributed by atoms with van der Waals surface area (Å²) >= 11 is 0. The molecule has 0 aliphatic carbocycles. The molecular formula is C19H18N2O2. The van der Waals surface area contributed by atoms with Crippen LogP contribution in [0.4, 0.5) is 0 Å². The molecule has 0 unspecified atom stereocenters. The van der Waals surface area contributed by atoms with Gasteiger partial charge in [0.25, 0.3) is 5.91 Å². The monoisotopic (exact) mass is 306 g/mol. The number of carbonyl (C=O) groups excluding carboxylic acids is 1. The van der Waals surface area contributed by atoms with E-state index in [0.717, 1.165) is 42.4 Å². The number of amides is 1. The van der Waals surface area contributed by atoms with Crippen LogP contribution < -0.4 is 0 Å². The third-order valence-electron chi connectivity index (χ3n) is 4.40. The molecule has 0 spiro atoms. The minimum atomic E-state index is 0.104. The molecule has 2 heterocycles. The standard InChI is InChI=1S/C19H18N2O2/c22-19(21-11-5-2-6-12-21)15-9-10-17-16(13-15)18(23-20-17)14-7-3-1-4-8-14/h1,3-4,7-10,13H,2,5-6,11-12H2. The minimum absolute atomic E-state index is 0.104. The maximum Gasteiger partial charge on any atom is 0.253 e. The van der Waals surface area contributed by atoms with Crippen LogP contribution in [0.15, 0.2) is 53.1 Å². The maximum atomic E-state index is 12.7. The molecule has 4 nitrogen and oxygen atoms in total. The number of fused-ring (bicyclic) bond motifs is 1. The van der Waals surface area contributed by atoms with Crippen LogP contribution >= 0.6 is 0 Å². The highest BCUT2D eigenvalue weighted by molar-refractivity contribution is 6.01. The summed E-state index contributed by atoms with van der Waals surface area (Å²) in [6.45, 7) is 1.71. The quantitative estimate of drug-likeness (QED) is 0.715. The largest absolute Gasteiger partial charge is 0.355 e. The number of likely N-dealkylation sites (tertiary alicyclic amines) is 1. The SMILES string of the molecule is O=C(c1ccc2noc(-c3ccccc3)c2c1)N1CCCCC1. The van der Waals surface area contributed by atoms with Crippen molar-refractivity contribution in [3.05, 3.63) is 54.1 Å². The molecule has 1 saturated heterocycles. The van der Waals surface area contributed by atoms with Crippen LogP contribution in [-0.2, 0) is 0 Å². The van der Waals surface area contributed by atoms with E-state index in [4.69, 9.17) is 4.52 Å². The van der Waals surface area contributed by atoms with Gasteiger partial charge < -0.3 is 9.42 Å². The van der Waals surface area contributed by atoms with Crippen molar-refractivity contribution in [2.45, 2.75) is 19.3 Å². The van der Waals surface area contributed by atoms with E-state index in [0.29, 0.717) is 11.3 Å². The van der Waals surface area contributed by atoms with Crippen LogP contribution in [0.2, 0.25) is 0 Å². The topological polar surface area (TPSA) is 46.3 Å². The number of hydrogen-bond donors (Lipinski definition) is 0. The first-order valence-corrected chi connectivity index (χ1v) is 8.07. The molecule has 0 bridgehead atoms. The summed E-state index contributed by atoms with van der Waals surface area (Å²) in [5, 5.41) is 5.00. The smallest absolute Gasteiger partial charge is 0.253 e. The van der Waals surface area contributed by atoms with E-state index in [1.165, 1.54) is 6.42 Å². The van der Waals surface area contributed by atoms with E-state index in [2.05, 4.69) is 5.16 Å². The van der Waals surface area contributed by atoms with Gasteiger partial charge in [-0.1, -0.05) is 35.5 Å². The lowest BCUT2D eigenvalue weighted by atomic mass is 10.0. The number of hydrogen-bond acceptors (Lipinski definition) is 3. The Bertz CT molecular complexity index is 833. The number of piperidine rings is 1. The molecule has 0 atom stereocenters. The number of rotatable bonds is 2. The lowest BCUT2D eigenvalue weighted by Crippen LogP contribution is -2.35. The summed E-state index contributed by atoms with van der Waals surface area (Å²) in [5.74, 6) is 0.820. The Morgan fingerprint density at radius 2 is 1.78 bits per heavy atom. The molecule has 2 aromatic carbocycles. The Labute approximate surface area is 134 Å². The van der Waals surface area contributed by atoms with Crippen molar-refractivity contribution < 1.29 is 9.32 Å². The number of carbonyl (C=O) groups is 1. The van der Waals surface area contributed by atoms with Crippen molar-refractivity contribution in [1.82, 2.24) is 10.1 Å². The molecule has 116 valence electrons. The van der Waals surface area contributed by atoms with E-state index >= 15 is 0 Å². The molecule has 0 N–H and O–H groups in total. The van der Waals surface area contributed by atoms with Gasteiger partial charge in [0, 0.05) is 24.2 Å². The molecule has 1 amide bonds. The Morgan fingerprint density at radius 1 is 1.00 bits per heavy atom. The van der Waals surface area contributed by atoms with Crippen molar-refractivity contribution in [3.63, 3.8) is 0 Å². The first-order chi connectivity index (χ1) is 11.3. The summed E-state index contributed by atoms with van der Waals surface area (Å²) in [4.78, 5) is 14.6. The van der Waals surface area contributed by atoms with Gasteiger partial charge in [-0.3, -0.25) is 4.79 Å². The average Bonchev–Trinajstić information content (AvgIpc) is 3.05. The molecule has 1 aromatic heterocycles. The highest BCUT2D eigenvalue weighted by atomic mass is 16.5. The first-order valence-electron chi connectivity index (χ1n) is 8.07. The normalized spacial score (nSPS) is 15.0. The first kappa shape index (κ1) is 14.0. The second-order valence-corrected chi connectivity index (χ2v) is 5.96. The fourth-order valence-corrected chi connectivity index (χ4v) is 3.15. The van der Waals surface area contributed by atoms with Gasteiger partial charge in [-0.2, -0.15) is 0 Å². The van der Waals surface area contributed by atoms with Crippen molar-refractivity contribution in [1.29, 1.82) is 0 Å². The van der Waals surface area contributed by atoms with Crippen LogP contribution in [0, 0.1) is 0 Å². The molecule has 0 saturated carbocycles. The third-order valence-corrected chi connectivity index (χ3v) is 4.40. The molecule has 1 fully saturated rings. The number of aromatic nitrogens is 1.